The van der Waals surface area contributed by atoms with Gasteiger partial charge in [-0.15, -0.1) is 0 Å². The normalized spacial score (nSPS) is 18.6. The zero-order valence-electron chi connectivity index (χ0n) is 12.5. The van der Waals surface area contributed by atoms with Crippen LogP contribution in [0.25, 0.3) is 0 Å². The van der Waals surface area contributed by atoms with Crippen LogP contribution in [0.1, 0.15) is 38.3 Å². The summed E-state index contributed by atoms with van der Waals surface area (Å²) in [7, 11) is 1.66. The number of hydrogen-bond donors (Lipinski definition) is 0. The number of hydrogen-bond acceptors (Lipinski definition) is 3. The smallest absolute Gasteiger partial charge is 0.249 e. The van der Waals surface area contributed by atoms with E-state index in [2.05, 4.69) is 6.07 Å². The summed E-state index contributed by atoms with van der Waals surface area (Å²) in [6.45, 7) is 4.86. The lowest BCUT2D eigenvalue weighted by atomic mass is 10.0. The van der Waals surface area contributed by atoms with Crippen molar-refractivity contribution in [1.82, 2.24) is 4.90 Å². The van der Waals surface area contributed by atoms with Crippen LogP contribution in [0.2, 0.25) is 0 Å². The van der Waals surface area contributed by atoms with Gasteiger partial charge in [-0.25, -0.2) is 0 Å². The van der Waals surface area contributed by atoms with Gasteiger partial charge in [0.1, 0.15) is 12.4 Å². The van der Waals surface area contributed by atoms with Crippen LogP contribution >= 0.6 is 0 Å². The Hall–Kier alpha value is -1.55. The number of ether oxygens (including phenoxy) is 2. The molecule has 4 nitrogen and oxygen atoms in total. The largest absolute Gasteiger partial charge is 0.497 e. The highest BCUT2D eigenvalue weighted by atomic mass is 16.5. The Morgan fingerprint density at radius 1 is 1.45 bits per heavy atom. The number of nitrogens with zero attached hydrogens (tertiary/aromatic N) is 1. The number of likely N-dealkylation sites (tertiary alicyclic amines) is 1. The summed E-state index contributed by atoms with van der Waals surface area (Å²) >= 11 is 0. The van der Waals surface area contributed by atoms with E-state index in [0.29, 0.717) is 0 Å². The number of benzene rings is 1. The second-order valence-electron chi connectivity index (χ2n) is 5.38. The van der Waals surface area contributed by atoms with Gasteiger partial charge in [0, 0.05) is 6.54 Å². The van der Waals surface area contributed by atoms with Crippen LogP contribution in [-0.2, 0) is 9.53 Å². The van der Waals surface area contributed by atoms with Crippen LogP contribution in [0.4, 0.5) is 0 Å². The van der Waals surface area contributed by atoms with Crippen molar-refractivity contribution in [2.24, 2.45) is 0 Å². The van der Waals surface area contributed by atoms with Gasteiger partial charge in [0.15, 0.2) is 0 Å². The highest BCUT2D eigenvalue weighted by molar-refractivity contribution is 5.78. The zero-order valence-corrected chi connectivity index (χ0v) is 12.5. The van der Waals surface area contributed by atoms with Gasteiger partial charge in [0.25, 0.3) is 0 Å². The highest BCUT2D eigenvalue weighted by Crippen LogP contribution is 2.33. The van der Waals surface area contributed by atoms with Gasteiger partial charge < -0.3 is 14.4 Å². The molecule has 0 aliphatic carbocycles. The van der Waals surface area contributed by atoms with Crippen molar-refractivity contribution in [2.45, 2.75) is 38.8 Å². The van der Waals surface area contributed by atoms with E-state index < -0.39 is 0 Å². The third kappa shape index (κ3) is 3.51. The quantitative estimate of drug-likeness (QED) is 0.830. The predicted octanol–water partition coefficient (Wildman–Crippen LogP) is 2.78. The Bertz CT molecular complexity index is 459. The molecule has 0 bridgehead atoms. The molecule has 0 radical (unpaired) electrons. The third-order valence-corrected chi connectivity index (χ3v) is 3.59. The molecule has 1 amide bonds. The van der Waals surface area contributed by atoms with Crippen molar-refractivity contribution in [3.8, 4) is 5.75 Å². The van der Waals surface area contributed by atoms with E-state index in [9.17, 15) is 4.79 Å². The van der Waals surface area contributed by atoms with Crippen LogP contribution in [-0.4, -0.2) is 37.2 Å². The molecule has 1 aromatic rings. The van der Waals surface area contributed by atoms with E-state index in [1.165, 1.54) is 0 Å². The minimum Gasteiger partial charge on any atom is -0.497 e. The maximum atomic E-state index is 12.3. The van der Waals surface area contributed by atoms with E-state index in [1.54, 1.807) is 7.11 Å². The van der Waals surface area contributed by atoms with Crippen molar-refractivity contribution in [3.63, 3.8) is 0 Å². The topological polar surface area (TPSA) is 38.8 Å². The second-order valence-corrected chi connectivity index (χ2v) is 5.38. The van der Waals surface area contributed by atoms with Crippen molar-refractivity contribution < 1.29 is 14.3 Å². The molecule has 0 saturated carbocycles. The lowest BCUT2D eigenvalue weighted by Gasteiger charge is -2.25. The lowest BCUT2D eigenvalue weighted by Crippen LogP contribution is -2.34. The Morgan fingerprint density at radius 2 is 2.25 bits per heavy atom. The molecular weight excluding hydrogens is 254 g/mol. The molecule has 1 aromatic carbocycles. The Kier molecular flexibility index (Phi) is 5.01. The van der Waals surface area contributed by atoms with E-state index in [-0.39, 0.29) is 24.7 Å². The van der Waals surface area contributed by atoms with E-state index in [0.717, 1.165) is 30.7 Å². The van der Waals surface area contributed by atoms with Crippen molar-refractivity contribution in [2.75, 3.05) is 20.3 Å². The summed E-state index contributed by atoms with van der Waals surface area (Å²) in [5.41, 5.74) is 1.14. The van der Waals surface area contributed by atoms with Crippen LogP contribution in [0.15, 0.2) is 24.3 Å². The first-order valence-electron chi connectivity index (χ1n) is 7.17. The molecule has 1 saturated heterocycles. The van der Waals surface area contributed by atoms with E-state index >= 15 is 0 Å². The average Bonchev–Trinajstić information content (AvgIpc) is 2.94. The molecular formula is C16H23NO3. The number of carbonyl (C=O) groups is 1. The van der Waals surface area contributed by atoms with Crippen LogP contribution in [0.5, 0.6) is 5.75 Å². The van der Waals surface area contributed by atoms with Crippen molar-refractivity contribution in [3.05, 3.63) is 29.8 Å². The van der Waals surface area contributed by atoms with Gasteiger partial charge in [-0.05, 0) is 44.4 Å². The van der Waals surface area contributed by atoms with E-state index in [4.69, 9.17) is 9.47 Å². The average molecular weight is 277 g/mol. The molecule has 1 aliphatic heterocycles. The molecule has 0 N–H and O–H groups in total. The van der Waals surface area contributed by atoms with Crippen LogP contribution in [0.3, 0.4) is 0 Å². The van der Waals surface area contributed by atoms with Crippen LogP contribution in [0, 0.1) is 0 Å². The minimum atomic E-state index is 0.0732. The fourth-order valence-corrected chi connectivity index (χ4v) is 2.58. The molecule has 1 atom stereocenters. The predicted molar refractivity (Wildman–Crippen MR) is 77.8 cm³/mol. The van der Waals surface area contributed by atoms with Gasteiger partial charge >= 0.3 is 0 Å². The summed E-state index contributed by atoms with van der Waals surface area (Å²) in [6, 6.07) is 8.11. The second kappa shape index (κ2) is 6.75. The van der Waals surface area contributed by atoms with Gasteiger partial charge in [-0.2, -0.15) is 0 Å². The highest BCUT2D eigenvalue weighted by Gasteiger charge is 2.30. The molecule has 1 unspecified atom stereocenters. The molecule has 2 rings (SSSR count). The van der Waals surface area contributed by atoms with Gasteiger partial charge in [0.05, 0.1) is 19.3 Å². The van der Waals surface area contributed by atoms with Crippen molar-refractivity contribution >= 4 is 5.91 Å². The van der Waals surface area contributed by atoms with E-state index in [1.807, 2.05) is 36.9 Å². The third-order valence-electron chi connectivity index (χ3n) is 3.59. The lowest BCUT2D eigenvalue weighted by molar-refractivity contribution is -0.138. The Labute approximate surface area is 120 Å². The summed E-state index contributed by atoms with van der Waals surface area (Å²) in [6.07, 6.45) is 2.12. The van der Waals surface area contributed by atoms with Gasteiger partial charge in [0.2, 0.25) is 5.91 Å². The van der Waals surface area contributed by atoms with Gasteiger partial charge in [-0.3, -0.25) is 4.79 Å². The Balaban J connectivity index is 2.08. The first-order chi connectivity index (χ1) is 9.61. The SMILES string of the molecule is COc1cccc(C2CCCN2C(=O)COC(C)C)c1. The molecule has 1 aliphatic rings. The summed E-state index contributed by atoms with van der Waals surface area (Å²) in [5, 5.41) is 0. The molecule has 0 spiro atoms. The van der Waals surface area contributed by atoms with Crippen LogP contribution < -0.4 is 4.74 Å². The maximum absolute atomic E-state index is 12.3. The monoisotopic (exact) mass is 277 g/mol. The number of amides is 1. The first kappa shape index (κ1) is 14.9. The fraction of sp³-hybridized carbons (Fsp3) is 0.562. The summed E-state index contributed by atoms with van der Waals surface area (Å²) in [5.74, 6) is 0.907. The molecule has 0 aromatic heterocycles. The molecule has 110 valence electrons. The number of methoxy groups -OCH3 is 1. The number of carbonyl (C=O) groups excluding carboxylic acids is 1. The zero-order chi connectivity index (χ0) is 14.5. The first-order valence-corrected chi connectivity index (χ1v) is 7.17. The number of rotatable bonds is 5. The molecule has 20 heavy (non-hydrogen) atoms. The standard InChI is InChI=1S/C16H23NO3/c1-12(2)20-11-16(18)17-9-5-8-15(17)13-6-4-7-14(10-13)19-3/h4,6-7,10,12,15H,5,8-9,11H2,1-3H3. The molecule has 1 heterocycles. The molecule has 4 heteroatoms. The molecule has 1 fully saturated rings. The Morgan fingerprint density at radius 3 is 2.95 bits per heavy atom. The summed E-state index contributed by atoms with van der Waals surface area (Å²) in [4.78, 5) is 14.2. The van der Waals surface area contributed by atoms with Gasteiger partial charge in [-0.1, -0.05) is 12.1 Å². The van der Waals surface area contributed by atoms with Crippen molar-refractivity contribution in [1.29, 1.82) is 0 Å². The fourth-order valence-electron chi connectivity index (χ4n) is 2.58. The summed E-state index contributed by atoms with van der Waals surface area (Å²) < 4.78 is 10.7. The minimum absolute atomic E-state index is 0.0732. The maximum Gasteiger partial charge on any atom is 0.249 e.